The van der Waals surface area contributed by atoms with Crippen LogP contribution in [-0.4, -0.2) is 16.5 Å². The summed E-state index contributed by atoms with van der Waals surface area (Å²) in [5.41, 5.74) is 0.0651. The highest BCUT2D eigenvalue weighted by Crippen LogP contribution is 2.63. The molecule has 0 heterocycles. The van der Waals surface area contributed by atoms with E-state index in [0.717, 1.165) is 43.9 Å². The molecule has 0 spiro atoms. The van der Waals surface area contributed by atoms with E-state index in [0.29, 0.717) is 23.0 Å². The number of fused-ring (bicyclic) bond motifs is 5. The van der Waals surface area contributed by atoms with Crippen molar-refractivity contribution in [2.24, 2.45) is 29.1 Å². The van der Waals surface area contributed by atoms with Crippen LogP contribution in [0.15, 0.2) is 0 Å². The molecule has 112 valence electrons. The van der Waals surface area contributed by atoms with E-state index in [2.05, 4.69) is 6.92 Å². The van der Waals surface area contributed by atoms with Crippen LogP contribution in [0.25, 0.3) is 0 Å². The standard InChI is InChI=1S/C18H28O2/c1-17-9-6-13(19)11-12(17)4-5-14-15(17)7-10-18(20)8-2-3-16(14)18/h12,14-16,20H,2-11H2,1H3/t12-,14+,15-,16-,17-,18+/m0/s1. The fourth-order valence-corrected chi connectivity index (χ4v) is 6.66. The van der Waals surface area contributed by atoms with Gasteiger partial charge in [0.05, 0.1) is 5.60 Å². The molecule has 0 aliphatic heterocycles. The van der Waals surface area contributed by atoms with Gasteiger partial charge in [-0.15, -0.1) is 0 Å². The number of carbonyl (C=O) groups is 1. The third kappa shape index (κ3) is 1.70. The molecular weight excluding hydrogens is 248 g/mol. The Labute approximate surface area is 122 Å². The van der Waals surface area contributed by atoms with Gasteiger partial charge < -0.3 is 5.11 Å². The van der Waals surface area contributed by atoms with Crippen LogP contribution < -0.4 is 0 Å². The number of Topliss-reactive ketones (excluding diaryl/α,β-unsaturated/α-hetero) is 1. The highest BCUT2D eigenvalue weighted by atomic mass is 16.3. The molecule has 4 fully saturated rings. The van der Waals surface area contributed by atoms with Crippen LogP contribution in [0.2, 0.25) is 0 Å². The summed E-state index contributed by atoms with van der Waals surface area (Å²) < 4.78 is 0. The Balaban J connectivity index is 1.64. The Kier molecular flexibility index (Phi) is 2.87. The molecule has 0 aromatic heterocycles. The average molecular weight is 276 g/mol. The van der Waals surface area contributed by atoms with Gasteiger partial charge in [0.1, 0.15) is 5.78 Å². The van der Waals surface area contributed by atoms with E-state index >= 15 is 0 Å². The maximum absolute atomic E-state index is 11.8. The van der Waals surface area contributed by atoms with Crippen LogP contribution in [0.1, 0.15) is 71.1 Å². The van der Waals surface area contributed by atoms with E-state index in [9.17, 15) is 9.90 Å². The molecule has 0 amide bonds. The van der Waals surface area contributed by atoms with Crippen LogP contribution in [0, 0.1) is 29.1 Å². The second kappa shape index (κ2) is 4.32. The second-order valence-electron chi connectivity index (χ2n) is 8.43. The Morgan fingerprint density at radius 3 is 2.75 bits per heavy atom. The Morgan fingerprint density at radius 1 is 1.05 bits per heavy atom. The quantitative estimate of drug-likeness (QED) is 0.732. The number of rotatable bonds is 0. The van der Waals surface area contributed by atoms with Gasteiger partial charge in [-0.2, -0.15) is 0 Å². The summed E-state index contributed by atoms with van der Waals surface area (Å²) >= 11 is 0. The SMILES string of the molecule is C[C@]12CCC(=O)C[C@@H]1CC[C@H]1[C@@H]3CCC[C@@]3(O)CC[C@@H]12. The summed E-state index contributed by atoms with van der Waals surface area (Å²) in [6.45, 7) is 2.47. The third-order valence-corrected chi connectivity index (χ3v) is 7.78. The molecule has 4 rings (SSSR count). The Bertz CT molecular complexity index is 431. The van der Waals surface area contributed by atoms with Gasteiger partial charge in [0, 0.05) is 12.8 Å². The molecule has 0 bridgehead atoms. The lowest BCUT2D eigenvalue weighted by molar-refractivity contribution is -0.151. The van der Waals surface area contributed by atoms with E-state index in [1.165, 1.54) is 32.1 Å². The van der Waals surface area contributed by atoms with Crippen LogP contribution >= 0.6 is 0 Å². The van der Waals surface area contributed by atoms with E-state index in [4.69, 9.17) is 0 Å². The van der Waals surface area contributed by atoms with E-state index in [1.807, 2.05) is 0 Å². The first-order valence-corrected chi connectivity index (χ1v) is 8.77. The van der Waals surface area contributed by atoms with Crippen LogP contribution in [0.4, 0.5) is 0 Å². The second-order valence-corrected chi connectivity index (χ2v) is 8.43. The summed E-state index contributed by atoms with van der Waals surface area (Å²) in [4.78, 5) is 11.8. The molecule has 4 aliphatic carbocycles. The molecule has 2 nitrogen and oxygen atoms in total. The van der Waals surface area contributed by atoms with Gasteiger partial charge in [-0.3, -0.25) is 4.79 Å². The molecule has 0 unspecified atom stereocenters. The highest BCUT2D eigenvalue weighted by molar-refractivity contribution is 5.79. The first-order valence-electron chi connectivity index (χ1n) is 8.77. The van der Waals surface area contributed by atoms with E-state index in [-0.39, 0.29) is 5.60 Å². The molecule has 1 N–H and O–H groups in total. The minimum atomic E-state index is -0.325. The summed E-state index contributed by atoms with van der Waals surface area (Å²) in [5.74, 6) is 3.22. The molecule has 4 aliphatic rings. The van der Waals surface area contributed by atoms with Crippen molar-refractivity contribution in [3.63, 3.8) is 0 Å². The highest BCUT2D eigenvalue weighted by Gasteiger charge is 2.58. The van der Waals surface area contributed by atoms with Crippen molar-refractivity contribution in [2.75, 3.05) is 0 Å². The number of ketones is 1. The first-order chi connectivity index (χ1) is 9.53. The zero-order valence-corrected chi connectivity index (χ0v) is 12.7. The lowest BCUT2D eigenvalue weighted by atomic mass is 9.46. The van der Waals surface area contributed by atoms with Gasteiger partial charge >= 0.3 is 0 Å². The smallest absolute Gasteiger partial charge is 0.133 e. The minimum absolute atomic E-state index is 0.325. The molecule has 0 aromatic carbocycles. The number of carbonyl (C=O) groups excluding carboxylic acids is 1. The topological polar surface area (TPSA) is 37.3 Å². The lowest BCUT2D eigenvalue weighted by Crippen LogP contribution is -2.55. The third-order valence-electron chi connectivity index (χ3n) is 7.78. The number of hydrogen-bond acceptors (Lipinski definition) is 2. The predicted octanol–water partition coefficient (Wildman–Crippen LogP) is 3.71. The van der Waals surface area contributed by atoms with Gasteiger partial charge in [-0.05, 0) is 74.0 Å². The molecular formula is C18H28O2. The monoisotopic (exact) mass is 276 g/mol. The lowest BCUT2D eigenvalue weighted by Gasteiger charge is -2.59. The number of aliphatic hydroxyl groups is 1. The van der Waals surface area contributed by atoms with Crippen molar-refractivity contribution in [2.45, 2.75) is 76.7 Å². The molecule has 2 heteroatoms. The van der Waals surface area contributed by atoms with Crippen molar-refractivity contribution in [1.29, 1.82) is 0 Å². The minimum Gasteiger partial charge on any atom is -0.390 e. The Hall–Kier alpha value is -0.370. The van der Waals surface area contributed by atoms with E-state index < -0.39 is 0 Å². The molecule has 4 saturated carbocycles. The molecule has 0 aromatic rings. The molecule has 0 saturated heterocycles. The summed E-state index contributed by atoms with van der Waals surface area (Å²) in [7, 11) is 0. The fraction of sp³-hybridized carbons (Fsp3) is 0.944. The first kappa shape index (κ1) is 13.3. The maximum Gasteiger partial charge on any atom is 0.133 e. The zero-order chi connectivity index (χ0) is 14.0. The van der Waals surface area contributed by atoms with Crippen LogP contribution in [-0.2, 0) is 4.79 Å². The van der Waals surface area contributed by atoms with Crippen molar-refractivity contribution in [1.82, 2.24) is 0 Å². The van der Waals surface area contributed by atoms with Gasteiger partial charge in [0.25, 0.3) is 0 Å². The van der Waals surface area contributed by atoms with Gasteiger partial charge in [-0.25, -0.2) is 0 Å². The molecule has 20 heavy (non-hydrogen) atoms. The zero-order valence-electron chi connectivity index (χ0n) is 12.7. The van der Waals surface area contributed by atoms with Crippen molar-refractivity contribution in [3.05, 3.63) is 0 Å². The van der Waals surface area contributed by atoms with Crippen molar-refractivity contribution in [3.8, 4) is 0 Å². The van der Waals surface area contributed by atoms with E-state index in [1.54, 1.807) is 0 Å². The van der Waals surface area contributed by atoms with Crippen LogP contribution in [0.5, 0.6) is 0 Å². The molecule has 6 atom stereocenters. The average Bonchev–Trinajstić information content (AvgIpc) is 2.81. The largest absolute Gasteiger partial charge is 0.390 e. The van der Waals surface area contributed by atoms with Crippen molar-refractivity contribution < 1.29 is 9.90 Å². The van der Waals surface area contributed by atoms with Crippen molar-refractivity contribution >= 4 is 5.78 Å². The molecule has 0 radical (unpaired) electrons. The summed E-state index contributed by atoms with van der Waals surface area (Å²) in [6.07, 6.45) is 11.0. The van der Waals surface area contributed by atoms with Gasteiger partial charge in [0.15, 0.2) is 0 Å². The summed E-state index contributed by atoms with van der Waals surface area (Å²) in [6, 6.07) is 0. The Morgan fingerprint density at radius 2 is 1.90 bits per heavy atom. The normalized spacial score (nSPS) is 55.0. The predicted molar refractivity (Wildman–Crippen MR) is 78.2 cm³/mol. The van der Waals surface area contributed by atoms with Gasteiger partial charge in [-0.1, -0.05) is 13.3 Å². The van der Waals surface area contributed by atoms with Gasteiger partial charge in [0.2, 0.25) is 0 Å². The fourth-order valence-electron chi connectivity index (χ4n) is 6.66. The number of hydrogen-bond donors (Lipinski definition) is 1. The van der Waals surface area contributed by atoms with Crippen LogP contribution in [0.3, 0.4) is 0 Å². The maximum atomic E-state index is 11.8. The summed E-state index contributed by atoms with van der Waals surface area (Å²) in [5, 5.41) is 10.9.